The van der Waals surface area contributed by atoms with Crippen LogP contribution in [-0.4, -0.2) is 14.5 Å². The van der Waals surface area contributed by atoms with Crippen LogP contribution in [0.4, 0.5) is 0 Å². The van der Waals surface area contributed by atoms with E-state index in [0.717, 1.165) is 55.6 Å². The van der Waals surface area contributed by atoms with Crippen molar-refractivity contribution in [3.8, 4) is 50.6 Å². The number of imidazole rings is 1. The standard InChI is InChI=1S/C37H29N2O.C11H8N.Ir/c1-25(2)22-26-20-21-35-31(23-26)32(24-40-35)37-38-33-18-9-10-19-34(33)39(37)36-29(27-12-5-3-6-13-27)16-11-17-30(36)28-14-7-4-8-15-28;1-2-6-10(7-3-1)11-8-4-5-9-12-11;/h3-21,23,25H,22H2,1-2H3;1-6,8-9H;/q2*-1;/i22D2;;. The molecule has 3 heterocycles. The largest absolute Gasteiger partial charge is 0.557 e. The Balaban J connectivity index is 0.000000305. The number of hydrogen-bond donors (Lipinski definition) is 0. The van der Waals surface area contributed by atoms with Gasteiger partial charge in [-0.3, -0.25) is 4.98 Å². The zero-order chi connectivity index (χ0) is 37.1. The van der Waals surface area contributed by atoms with E-state index in [1.54, 1.807) is 6.20 Å². The van der Waals surface area contributed by atoms with Crippen LogP contribution in [0.1, 0.15) is 22.2 Å². The molecule has 3 aromatic heterocycles. The van der Waals surface area contributed by atoms with E-state index in [2.05, 4.69) is 94.7 Å². The molecular formula is C48H37IrN3O-2. The van der Waals surface area contributed by atoms with Gasteiger partial charge in [-0.25, -0.2) is 0 Å². The van der Waals surface area contributed by atoms with E-state index in [9.17, 15) is 0 Å². The summed E-state index contributed by atoms with van der Waals surface area (Å²) in [6.45, 7) is 3.80. The fourth-order valence-corrected chi connectivity index (χ4v) is 6.55. The van der Waals surface area contributed by atoms with Gasteiger partial charge in [-0.15, -0.1) is 35.9 Å². The van der Waals surface area contributed by atoms with Crippen molar-refractivity contribution < 1.29 is 27.3 Å². The maximum Gasteiger partial charge on any atom is 0.0774 e. The van der Waals surface area contributed by atoms with Gasteiger partial charge in [-0.2, -0.15) is 0 Å². The number of furan rings is 1. The molecule has 0 aliphatic rings. The smallest absolute Gasteiger partial charge is 0.0774 e. The number of fused-ring (bicyclic) bond motifs is 2. The Kier molecular flexibility index (Phi) is 10.1. The van der Waals surface area contributed by atoms with Gasteiger partial charge in [0.15, 0.2) is 0 Å². The molecule has 9 aromatic rings. The summed E-state index contributed by atoms with van der Waals surface area (Å²) in [4.78, 5) is 9.37. The molecule has 0 atom stereocenters. The van der Waals surface area contributed by atoms with Crippen LogP contribution in [0.5, 0.6) is 0 Å². The van der Waals surface area contributed by atoms with E-state index in [1.165, 1.54) is 0 Å². The van der Waals surface area contributed by atoms with Gasteiger partial charge in [-0.1, -0.05) is 152 Å². The third-order valence-corrected chi connectivity index (χ3v) is 8.83. The second-order valence-electron chi connectivity index (χ2n) is 12.8. The molecule has 0 unspecified atom stereocenters. The monoisotopic (exact) mass is 866 g/mol. The third kappa shape index (κ3) is 7.54. The second kappa shape index (κ2) is 16.2. The molecule has 0 saturated carbocycles. The quantitative estimate of drug-likeness (QED) is 0.150. The van der Waals surface area contributed by atoms with E-state index in [0.29, 0.717) is 22.5 Å². The van der Waals surface area contributed by atoms with Crippen LogP contribution in [0.2, 0.25) is 0 Å². The maximum absolute atomic E-state index is 8.74. The topological polar surface area (TPSA) is 43.9 Å². The predicted octanol–water partition coefficient (Wildman–Crippen LogP) is 12.3. The minimum atomic E-state index is -1.50. The van der Waals surface area contributed by atoms with E-state index in [4.69, 9.17) is 12.1 Å². The van der Waals surface area contributed by atoms with Crippen molar-refractivity contribution in [2.24, 2.45) is 5.92 Å². The molecule has 261 valence electrons. The summed E-state index contributed by atoms with van der Waals surface area (Å²) in [5.41, 5.74) is 11.1. The Morgan fingerprint density at radius 1 is 0.717 bits per heavy atom. The Labute approximate surface area is 327 Å². The van der Waals surface area contributed by atoms with Gasteiger partial charge in [0.1, 0.15) is 0 Å². The van der Waals surface area contributed by atoms with Crippen molar-refractivity contribution in [1.29, 1.82) is 0 Å². The van der Waals surface area contributed by atoms with Gasteiger partial charge < -0.3 is 14.0 Å². The molecule has 6 aromatic carbocycles. The number of benzene rings is 6. The molecule has 0 aliphatic heterocycles. The molecule has 0 amide bonds. The van der Waals surface area contributed by atoms with E-state index >= 15 is 0 Å². The first-order valence-corrected chi connectivity index (χ1v) is 17.4. The predicted molar refractivity (Wildman–Crippen MR) is 213 cm³/mol. The Bertz CT molecular complexity index is 2560. The normalized spacial score (nSPS) is 11.8. The molecule has 0 aliphatic carbocycles. The van der Waals surface area contributed by atoms with Crippen molar-refractivity contribution >= 4 is 22.0 Å². The molecule has 9 rings (SSSR count). The average molecular weight is 866 g/mol. The van der Waals surface area contributed by atoms with Gasteiger partial charge in [0.2, 0.25) is 0 Å². The van der Waals surface area contributed by atoms with Crippen LogP contribution in [0.15, 0.2) is 174 Å². The number of aromatic nitrogens is 3. The number of pyridine rings is 1. The molecule has 5 heteroatoms. The molecule has 53 heavy (non-hydrogen) atoms. The summed E-state index contributed by atoms with van der Waals surface area (Å²) in [5, 5.41) is 0.784. The molecule has 0 spiro atoms. The molecule has 4 nitrogen and oxygen atoms in total. The number of hydrogen-bond acceptors (Lipinski definition) is 3. The van der Waals surface area contributed by atoms with Crippen LogP contribution in [0.25, 0.3) is 72.6 Å². The summed E-state index contributed by atoms with van der Waals surface area (Å²) in [5.74, 6) is 0.503. The van der Waals surface area contributed by atoms with Crippen molar-refractivity contribution in [3.63, 3.8) is 0 Å². The van der Waals surface area contributed by atoms with Gasteiger partial charge in [0, 0.05) is 52.0 Å². The molecule has 0 fully saturated rings. The average Bonchev–Trinajstić information content (AvgIpc) is 3.83. The Morgan fingerprint density at radius 3 is 2.06 bits per heavy atom. The zero-order valence-corrected chi connectivity index (χ0v) is 31.7. The van der Waals surface area contributed by atoms with Crippen molar-refractivity contribution in [1.82, 2.24) is 14.5 Å². The molecule has 0 bridgehead atoms. The SMILES string of the molecule is [2H]C([2H])(c1ccc2o[c-]c(-c3nc4ccccc4n3-c3c(-c4ccccc4)cccc3-c3ccccc3)c2c1)C(C)C.[Ir].[c-]1ccccc1-c1ccccn1. The van der Waals surface area contributed by atoms with Crippen LogP contribution < -0.4 is 0 Å². The van der Waals surface area contributed by atoms with Crippen molar-refractivity contribution in [2.45, 2.75) is 20.2 Å². The number of para-hydroxylation sites is 3. The fraction of sp³-hybridized carbons (Fsp3) is 0.0833. The van der Waals surface area contributed by atoms with Crippen LogP contribution >= 0.6 is 0 Å². The summed E-state index contributed by atoms with van der Waals surface area (Å²) < 4.78 is 25.6. The Hall–Kier alpha value is -5.87. The minimum absolute atomic E-state index is 0. The van der Waals surface area contributed by atoms with Crippen LogP contribution in [0.3, 0.4) is 0 Å². The van der Waals surface area contributed by atoms with Gasteiger partial charge in [0.25, 0.3) is 0 Å². The van der Waals surface area contributed by atoms with Gasteiger partial charge >= 0.3 is 0 Å². The Morgan fingerprint density at radius 2 is 1.40 bits per heavy atom. The zero-order valence-electron chi connectivity index (χ0n) is 31.3. The van der Waals surface area contributed by atoms with Crippen LogP contribution in [-0.2, 0) is 26.5 Å². The molecular weight excluding hydrogens is 827 g/mol. The first-order chi connectivity index (χ1) is 26.4. The second-order valence-corrected chi connectivity index (χ2v) is 12.8. The fourth-order valence-electron chi connectivity index (χ4n) is 6.55. The first-order valence-electron chi connectivity index (χ1n) is 18.4. The number of nitrogens with zero attached hydrogens (tertiary/aromatic N) is 3. The molecule has 1 radical (unpaired) electrons. The summed E-state index contributed by atoms with van der Waals surface area (Å²) in [6, 6.07) is 57.7. The molecule has 0 N–H and O–H groups in total. The van der Waals surface area contributed by atoms with E-state index in [1.807, 2.05) is 105 Å². The number of rotatable bonds is 7. The maximum atomic E-state index is 8.74. The van der Waals surface area contributed by atoms with Crippen LogP contribution in [0, 0.1) is 18.2 Å². The van der Waals surface area contributed by atoms with Crippen molar-refractivity contribution in [3.05, 3.63) is 188 Å². The van der Waals surface area contributed by atoms with Gasteiger partial charge in [-0.05, 0) is 47.3 Å². The third-order valence-electron chi connectivity index (χ3n) is 8.83. The van der Waals surface area contributed by atoms with Crippen molar-refractivity contribution in [2.75, 3.05) is 0 Å². The first kappa shape index (κ1) is 33.0. The van der Waals surface area contributed by atoms with E-state index < -0.39 is 6.37 Å². The summed E-state index contributed by atoms with van der Waals surface area (Å²) >= 11 is 0. The minimum Gasteiger partial charge on any atom is -0.557 e. The summed E-state index contributed by atoms with van der Waals surface area (Å²) in [6.07, 6.45) is 3.44. The summed E-state index contributed by atoms with van der Waals surface area (Å²) in [7, 11) is 0. The molecule has 0 saturated heterocycles. The van der Waals surface area contributed by atoms with E-state index in [-0.39, 0.29) is 26.0 Å². The van der Waals surface area contributed by atoms with Gasteiger partial charge in [0.05, 0.1) is 22.5 Å².